The van der Waals surface area contributed by atoms with E-state index in [9.17, 15) is 10.1 Å². The van der Waals surface area contributed by atoms with E-state index in [-0.39, 0.29) is 5.69 Å². The van der Waals surface area contributed by atoms with Gasteiger partial charge in [-0.2, -0.15) is 0 Å². The summed E-state index contributed by atoms with van der Waals surface area (Å²) in [4.78, 5) is 10.6. The minimum absolute atomic E-state index is 0.0629. The van der Waals surface area contributed by atoms with Crippen molar-refractivity contribution < 1.29 is 4.92 Å². The first-order chi connectivity index (χ1) is 11.5. The Morgan fingerprint density at radius 1 is 1.04 bits per heavy atom. The standard InChI is InChI=1S/C18H15N3O2S/c1-12-9-10-14(11-17(12)21(22)23)19-18(24)20-16-8-4-6-13-5-2-3-7-15(13)16/h2-11H,1H3,(H2,19,20,24). The lowest BCUT2D eigenvalue weighted by Gasteiger charge is -2.13. The van der Waals surface area contributed by atoms with Crippen LogP contribution in [-0.2, 0) is 0 Å². The topological polar surface area (TPSA) is 67.2 Å². The summed E-state index contributed by atoms with van der Waals surface area (Å²) in [7, 11) is 0. The van der Waals surface area contributed by atoms with E-state index in [1.807, 2.05) is 42.5 Å². The summed E-state index contributed by atoms with van der Waals surface area (Å²) in [5.41, 5.74) is 2.13. The van der Waals surface area contributed by atoms with Gasteiger partial charge >= 0.3 is 0 Å². The van der Waals surface area contributed by atoms with Crippen molar-refractivity contribution in [1.82, 2.24) is 0 Å². The number of anilines is 2. The zero-order chi connectivity index (χ0) is 17.1. The summed E-state index contributed by atoms with van der Waals surface area (Å²) >= 11 is 5.33. The number of nitrogens with zero attached hydrogens (tertiary/aromatic N) is 1. The van der Waals surface area contributed by atoms with Gasteiger partial charge in [-0.25, -0.2) is 0 Å². The first-order valence-corrected chi connectivity index (χ1v) is 7.76. The number of thiocarbonyl (C=S) groups is 1. The zero-order valence-electron chi connectivity index (χ0n) is 12.9. The van der Waals surface area contributed by atoms with Gasteiger partial charge in [0.25, 0.3) is 5.69 Å². The van der Waals surface area contributed by atoms with E-state index in [0.717, 1.165) is 16.5 Å². The summed E-state index contributed by atoms with van der Waals surface area (Å²) in [5.74, 6) is 0. The Kier molecular flexibility index (Phi) is 4.39. The predicted octanol–water partition coefficient (Wildman–Crippen LogP) is 4.87. The SMILES string of the molecule is Cc1ccc(NC(=S)Nc2cccc3ccccc23)cc1[N+](=O)[O-]. The smallest absolute Gasteiger partial charge is 0.274 e. The highest BCUT2D eigenvalue weighted by Gasteiger charge is 2.11. The van der Waals surface area contributed by atoms with Gasteiger partial charge in [0.2, 0.25) is 0 Å². The van der Waals surface area contributed by atoms with E-state index in [1.165, 1.54) is 6.07 Å². The highest BCUT2D eigenvalue weighted by Crippen LogP contribution is 2.24. The van der Waals surface area contributed by atoms with Gasteiger partial charge in [0.05, 0.1) is 4.92 Å². The highest BCUT2D eigenvalue weighted by atomic mass is 32.1. The second-order valence-corrected chi connectivity index (χ2v) is 5.77. The molecule has 0 bridgehead atoms. The molecule has 5 nitrogen and oxygen atoms in total. The van der Waals surface area contributed by atoms with Crippen molar-refractivity contribution in [2.24, 2.45) is 0 Å². The molecule has 3 rings (SSSR count). The Bertz CT molecular complexity index is 935. The highest BCUT2D eigenvalue weighted by molar-refractivity contribution is 7.80. The molecular weight excluding hydrogens is 322 g/mol. The molecule has 0 fully saturated rings. The molecule has 6 heteroatoms. The van der Waals surface area contributed by atoms with Gasteiger partial charge in [0.15, 0.2) is 5.11 Å². The van der Waals surface area contributed by atoms with Gasteiger partial charge < -0.3 is 10.6 Å². The average molecular weight is 337 g/mol. The van der Waals surface area contributed by atoms with E-state index in [1.54, 1.807) is 19.1 Å². The maximum absolute atomic E-state index is 11.0. The fraction of sp³-hybridized carbons (Fsp3) is 0.0556. The second kappa shape index (κ2) is 6.64. The van der Waals surface area contributed by atoms with Crippen molar-refractivity contribution in [3.05, 3.63) is 76.3 Å². The first-order valence-electron chi connectivity index (χ1n) is 7.35. The van der Waals surface area contributed by atoms with E-state index in [0.29, 0.717) is 16.4 Å². The molecule has 0 aliphatic heterocycles. The number of nitro groups is 1. The van der Waals surface area contributed by atoms with Crippen LogP contribution in [0.1, 0.15) is 5.56 Å². The minimum Gasteiger partial charge on any atom is -0.332 e. The van der Waals surface area contributed by atoms with E-state index < -0.39 is 4.92 Å². The molecule has 0 heterocycles. The maximum Gasteiger partial charge on any atom is 0.274 e. The third kappa shape index (κ3) is 3.33. The number of rotatable bonds is 3. The van der Waals surface area contributed by atoms with Crippen LogP contribution in [0, 0.1) is 17.0 Å². The Morgan fingerprint density at radius 2 is 1.79 bits per heavy atom. The minimum atomic E-state index is -0.401. The number of hydrogen-bond donors (Lipinski definition) is 2. The predicted molar refractivity (Wildman–Crippen MR) is 102 cm³/mol. The molecular formula is C18H15N3O2S. The summed E-state index contributed by atoms with van der Waals surface area (Å²) in [6.45, 7) is 1.70. The molecule has 120 valence electrons. The maximum atomic E-state index is 11.0. The van der Waals surface area contributed by atoms with E-state index in [4.69, 9.17) is 12.2 Å². The molecule has 0 atom stereocenters. The molecule has 0 saturated heterocycles. The molecule has 24 heavy (non-hydrogen) atoms. The van der Waals surface area contributed by atoms with Gasteiger partial charge in [-0.05, 0) is 36.7 Å². The number of benzene rings is 3. The van der Waals surface area contributed by atoms with Crippen LogP contribution in [0.15, 0.2) is 60.7 Å². The van der Waals surface area contributed by atoms with Crippen molar-refractivity contribution in [3.8, 4) is 0 Å². The quantitative estimate of drug-likeness (QED) is 0.406. The number of nitro benzene ring substituents is 1. The lowest BCUT2D eigenvalue weighted by molar-refractivity contribution is -0.385. The van der Waals surface area contributed by atoms with E-state index in [2.05, 4.69) is 10.6 Å². The molecule has 0 radical (unpaired) electrons. The average Bonchev–Trinajstić information content (AvgIpc) is 2.56. The van der Waals surface area contributed by atoms with Crippen LogP contribution >= 0.6 is 12.2 Å². The number of hydrogen-bond acceptors (Lipinski definition) is 3. The molecule has 0 amide bonds. The number of fused-ring (bicyclic) bond motifs is 1. The molecule has 0 aliphatic carbocycles. The lowest BCUT2D eigenvalue weighted by atomic mass is 10.1. The van der Waals surface area contributed by atoms with Crippen molar-refractivity contribution in [2.75, 3.05) is 10.6 Å². The summed E-state index contributed by atoms with van der Waals surface area (Å²) < 4.78 is 0. The van der Waals surface area contributed by atoms with Crippen molar-refractivity contribution >= 4 is 45.2 Å². The third-order valence-electron chi connectivity index (χ3n) is 3.70. The van der Waals surface area contributed by atoms with Crippen LogP contribution in [0.25, 0.3) is 10.8 Å². The van der Waals surface area contributed by atoms with Gasteiger partial charge in [0.1, 0.15) is 0 Å². The molecule has 0 aliphatic rings. The van der Waals surface area contributed by atoms with Crippen LogP contribution in [0.4, 0.5) is 17.1 Å². The largest absolute Gasteiger partial charge is 0.332 e. The molecule has 0 aromatic heterocycles. The van der Waals surface area contributed by atoms with Crippen molar-refractivity contribution in [3.63, 3.8) is 0 Å². The summed E-state index contributed by atoms with van der Waals surface area (Å²) in [6.07, 6.45) is 0. The third-order valence-corrected chi connectivity index (χ3v) is 3.91. The van der Waals surface area contributed by atoms with Crippen LogP contribution < -0.4 is 10.6 Å². The van der Waals surface area contributed by atoms with Crippen LogP contribution in [-0.4, -0.2) is 10.0 Å². The van der Waals surface area contributed by atoms with Crippen molar-refractivity contribution in [2.45, 2.75) is 6.92 Å². The Hall–Kier alpha value is -2.99. The Labute approximate surface area is 144 Å². The van der Waals surface area contributed by atoms with Gasteiger partial charge in [-0.15, -0.1) is 0 Å². The van der Waals surface area contributed by atoms with Crippen molar-refractivity contribution in [1.29, 1.82) is 0 Å². The zero-order valence-corrected chi connectivity index (χ0v) is 13.8. The van der Waals surface area contributed by atoms with E-state index >= 15 is 0 Å². The molecule has 0 spiro atoms. The fourth-order valence-corrected chi connectivity index (χ4v) is 2.73. The van der Waals surface area contributed by atoms with Gasteiger partial charge in [-0.3, -0.25) is 10.1 Å². The monoisotopic (exact) mass is 337 g/mol. The Morgan fingerprint density at radius 3 is 2.58 bits per heavy atom. The van der Waals surface area contributed by atoms with Gasteiger partial charge in [0, 0.05) is 28.4 Å². The lowest BCUT2D eigenvalue weighted by Crippen LogP contribution is -2.19. The van der Waals surface area contributed by atoms with Crippen LogP contribution in [0.3, 0.4) is 0 Å². The van der Waals surface area contributed by atoms with Crippen LogP contribution in [0.2, 0.25) is 0 Å². The fourth-order valence-electron chi connectivity index (χ4n) is 2.50. The molecule has 3 aromatic rings. The number of aryl methyl sites for hydroxylation is 1. The summed E-state index contributed by atoms with van der Waals surface area (Å²) in [5, 5.41) is 19.7. The van der Waals surface area contributed by atoms with Gasteiger partial charge in [-0.1, -0.05) is 42.5 Å². The molecule has 3 aromatic carbocycles. The molecule has 0 saturated carbocycles. The molecule has 0 unspecified atom stereocenters. The molecule has 2 N–H and O–H groups in total. The summed E-state index contributed by atoms with van der Waals surface area (Å²) in [6, 6.07) is 18.8. The second-order valence-electron chi connectivity index (χ2n) is 5.36. The normalized spacial score (nSPS) is 10.4. The Balaban J connectivity index is 1.81. The van der Waals surface area contributed by atoms with Crippen LogP contribution in [0.5, 0.6) is 0 Å². The number of nitrogens with one attached hydrogen (secondary N) is 2. The first kappa shape index (κ1) is 15.9.